The third-order valence-electron chi connectivity index (χ3n) is 7.47. The summed E-state index contributed by atoms with van der Waals surface area (Å²) in [5.74, 6) is -0.368. The van der Waals surface area contributed by atoms with E-state index in [4.69, 9.17) is 14.6 Å². The second-order valence-electron chi connectivity index (χ2n) is 11.5. The molecular weight excluding hydrogens is 589 g/mol. The summed E-state index contributed by atoms with van der Waals surface area (Å²) in [6, 6.07) is 5.80. The molecule has 1 aromatic carbocycles. The van der Waals surface area contributed by atoms with Gasteiger partial charge in [0.1, 0.15) is 26.9 Å². The van der Waals surface area contributed by atoms with Gasteiger partial charge in [-0.1, -0.05) is 11.3 Å². The number of carbonyl (C=O) groups is 1. The fraction of sp³-hybridized carbons (Fsp3) is 0.484. The predicted molar refractivity (Wildman–Crippen MR) is 170 cm³/mol. The summed E-state index contributed by atoms with van der Waals surface area (Å²) in [4.78, 5) is 41.3. The Bertz CT molecular complexity index is 1720. The molecule has 3 aromatic heterocycles. The molecule has 1 aliphatic rings. The highest BCUT2D eigenvalue weighted by Crippen LogP contribution is 2.31. The lowest BCUT2D eigenvalue weighted by Gasteiger charge is -2.27. The van der Waals surface area contributed by atoms with Crippen molar-refractivity contribution in [3.05, 3.63) is 74.4 Å². The SMILES string of the molecule is COc1ccc(F)cc1CCn1c(=O)n(C(C)(C)C(=O)NC(C)C)c(=O)c2c(C)c(-n3cccn3)sc21.OC1CCOCC1.[HH]. The minimum absolute atomic E-state index is 0. The van der Waals surface area contributed by atoms with Gasteiger partial charge in [-0.15, -0.1) is 0 Å². The molecule has 240 valence electrons. The Labute approximate surface area is 260 Å². The molecule has 5 rings (SSSR count). The highest BCUT2D eigenvalue weighted by Gasteiger charge is 2.35. The molecule has 0 unspecified atom stereocenters. The summed E-state index contributed by atoms with van der Waals surface area (Å²) >= 11 is 1.27. The van der Waals surface area contributed by atoms with Crippen LogP contribution in [0, 0.1) is 12.7 Å². The van der Waals surface area contributed by atoms with Crippen molar-refractivity contribution >= 4 is 27.5 Å². The molecule has 0 spiro atoms. The van der Waals surface area contributed by atoms with E-state index in [9.17, 15) is 18.8 Å². The van der Waals surface area contributed by atoms with Crippen LogP contribution in [0.1, 0.15) is 53.1 Å². The van der Waals surface area contributed by atoms with E-state index in [1.165, 1.54) is 41.2 Å². The second kappa shape index (κ2) is 13.9. The monoisotopic (exact) mass is 631 g/mol. The number of aromatic nitrogens is 4. The van der Waals surface area contributed by atoms with Gasteiger partial charge in [-0.25, -0.2) is 18.4 Å². The zero-order valence-corrected chi connectivity index (χ0v) is 26.7. The van der Waals surface area contributed by atoms with Crippen molar-refractivity contribution in [1.82, 2.24) is 24.2 Å². The van der Waals surface area contributed by atoms with Gasteiger partial charge >= 0.3 is 5.69 Å². The van der Waals surface area contributed by atoms with E-state index in [2.05, 4.69) is 10.4 Å². The van der Waals surface area contributed by atoms with Crippen LogP contribution in [0.5, 0.6) is 5.75 Å². The van der Waals surface area contributed by atoms with Crippen LogP contribution in [0.25, 0.3) is 15.2 Å². The van der Waals surface area contributed by atoms with Gasteiger partial charge in [0.25, 0.3) is 5.56 Å². The summed E-state index contributed by atoms with van der Waals surface area (Å²) in [5, 5.41) is 17.0. The zero-order chi connectivity index (χ0) is 32.2. The first-order valence-electron chi connectivity index (χ1n) is 14.5. The van der Waals surface area contributed by atoms with Crippen LogP contribution >= 0.6 is 11.3 Å². The van der Waals surface area contributed by atoms with Crippen LogP contribution in [0.4, 0.5) is 4.39 Å². The third-order valence-corrected chi connectivity index (χ3v) is 8.78. The Morgan fingerprint density at radius 1 is 1.30 bits per heavy atom. The fourth-order valence-electron chi connectivity index (χ4n) is 5.03. The average molecular weight is 632 g/mol. The number of aliphatic hydroxyl groups is 1. The Morgan fingerprint density at radius 3 is 2.57 bits per heavy atom. The number of benzene rings is 1. The molecule has 0 radical (unpaired) electrons. The number of carbonyl (C=O) groups excluding carboxylic acids is 1. The molecule has 11 nitrogen and oxygen atoms in total. The molecule has 13 heteroatoms. The van der Waals surface area contributed by atoms with Gasteiger partial charge in [0, 0.05) is 45.2 Å². The number of thiophene rings is 1. The summed E-state index contributed by atoms with van der Waals surface area (Å²) in [5.41, 5.74) is -1.40. The molecular formula is C31H42FN5O6S. The van der Waals surface area contributed by atoms with Gasteiger partial charge in [-0.2, -0.15) is 5.10 Å². The second-order valence-corrected chi connectivity index (χ2v) is 12.5. The van der Waals surface area contributed by atoms with E-state index in [0.717, 1.165) is 30.6 Å². The summed E-state index contributed by atoms with van der Waals surface area (Å²) < 4.78 is 28.5. The molecule has 0 atom stereocenters. The normalized spacial score (nSPS) is 14.0. The summed E-state index contributed by atoms with van der Waals surface area (Å²) in [7, 11) is 1.50. The number of aliphatic hydroxyl groups excluding tert-OH is 1. The molecule has 44 heavy (non-hydrogen) atoms. The van der Waals surface area contributed by atoms with Crippen LogP contribution < -0.4 is 21.3 Å². The maximum atomic E-state index is 14.0. The molecule has 4 aromatic rings. The first-order valence-corrected chi connectivity index (χ1v) is 15.4. The molecule has 1 aliphatic heterocycles. The van der Waals surface area contributed by atoms with Gasteiger partial charge in [-0.05, 0) is 83.7 Å². The minimum Gasteiger partial charge on any atom is -0.496 e. The quantitative estimate of drug-likeness (QED) is 0.303. The number of nitrogens with zero attached hydrogens (tertiary/aromatic N) is 4. The van der Waals surface area contributed by atoms with Gasteiger partial charge < -0.3 is 19.9 Å². The van der Waals surface area contributed by atoms with Gasteiger partial charge in [0.2, 0.25) is 5.91 Å². The van der Waals surface area contributed by atoms with Crippen LogP contribution in [-0.2, 0) is 28.0 Å². The molecule has 1 amide bonds. The highest BCUT2D eigenvalue weighted by atomic mass is 32.1. The molecule has 1 saturated heterocycles. The number of hydrogen-bond donors (Lipinski definition) is 2. The largest absolute Gasteiger partial charge is 0.496 e. The molecule has 4 heterocycles. The first kappa shape index (κ1) is 33.1. The van der Waals surface area contributed by atoms with E-state index in [1.54, 1.807) is 43.9 Å². The Morgan fingerprint density at radius 2 is 2.00 bits per heavy atom. The van der Waals surface area contributed by atoms with Crippen molar-refractivity contribution in [2.24, 2.45) is 0 Å². The standard InChI is InChI=1S/C26H30FN5O4S.C5H10O2.H2/c1-15(2)29-24(34)26(4,5)32-21(33)20-16(3)22(31-12-7-11-28-31)37-23(20)30(25(32)35)13-10-17-14-18(27)8-9-19(17)36-6;6-5-1-3-7-4-2-5;/h7-9,11-12,14-15H,10,13H2,1-6H3,(H,29,34);5-6H,1-4H2;1H. The van der Waals surface area contributed by atoms with E-state index >= 15 is 0 Å². The number of fused-ring (bicyclic) bond motifs is 1. The van der Waals surface area contributed by atoms with Crippen molar-refractivity contribution in [3.8, 4) is 10.8 Å². The zero-order valence-electron chi connectivity index (χ0n) is 25.9. The molecule has 0 bridgehead atoms. The fourth-order valence-corrected chi connectivity index (χ4v) is 6.29. The lowest BCUT2D eigenvalue weighted by Crippen LogP contribution is -2.56. The van der Waals surface area contributed by atoms with Crippen molar-refractivity contribution in [3.63, 3.8) is 0 Å². The van der Waals surface area contributed by atoms with E-state index in [-0.39, 0.29) is 26.5 Å². The molecule has 0 aliphatic carbocycles. The number of amides is 1. The first-order chi connectivity index (χ1) is 20.9. The van der Waals surface area contributed by atoms with Crippen LogP contribution in [0.3, 0.4) is 0 Å². The number of hydrogen-bond acceptors (Lipinski definition) is 8. The lowest BCUT2D eigenvalue weighted by molar-refractivity contribution is -0.129. The summed E-state index contributed by atoms with van der Waals surface area (Å²) in [6.45, 7) is 10.1. The van der Waals surface area contributed by atoms with Gasteiger partial charge in [0.05, 0.1) is 18.6 Å². The Kier molecular flexibility index (Phi) is 10.4. The van der Waals surface area contributed by atoms with E-state index in [0.29, 0.717) is 32.1 Å². The minimum atomic E-state index is -1.47. The smallest absolute Gasteiger partial charge is 0.333 e. The predicted octanol–water partition coefficient (Wildman–Crippen LogP) is 3.77. The maximum absolute atomic E-state index is 14.0. The maximum Gasteiger partial charge on any atom is 0.333 e. The van der Waals surface area contributed by atoms with Crippen molar-refractivity contribution in [2.75, 3.05) is 20.3 Å². The number of rotatable bonds is 8. The molecule has 2 N–H and O–H groups in total. The van der Waals surface area contributed by atoms with Gasteiger partial charge in [-0.3, -0.25) is 14.2 Å². The van der Waals surface area contributed by atoms with Crippen molar-refractivity contribution < 1.29 is 25.2 Å². The van der Waals surface area contributed by atoms with Crippen molar-refractivity contribution in [2.45, 2.75) is 78.1 Å². The van der Waals surface area contributed by atoms with E-state index in [1.807, 2.05) is 13.8 Å². The highest BCUT2D eigenvalue weighted by molar-refractivity contribution is 7.21. The molecule has 1 fully saturated rings. The number of aryl methyl sites for hydroxylation is 3. The average Bonchev–Trinajstić information content (AvgIpc) is 3.61. The number of nitrogens with one attached hydrogen (secondary N) is 1. The topological polar surface area (TPSA) is 130 Å². The van der Waals surface area contributed by atoms with Crippen LogP contribution in [0.15, 0.2) is 46.2 Å². The lowest BCUT2D eigenvalue weighted by atomic mass is 10.0. The van der Waals surface area contributed by atoms with Crippen LogP contribution in [-0.4, -0.2) is 62.4 Å². The number of halogens is 1. The summed E-state index contributed by atoms with van der Waals surface area (Å²) in [6.07, 6.45) is 5.20. The van der Waals surface area contributed by atoms with E-state index < -0.39 is 28.5 Å². The number of methoxy groups -OCH3 is 1. The van der Waals surface area contributed by atoms with Crippen molar-refractivity contribution in [1.29, 1.82) is 0 Å². The molecule has 0 saturated carbocycles. The third kappa shape index (κ3) is 6.95. The Balaban J connectivity index is 0.000000609. The van der Waals surface area contributed by atoms with Crippen LogP contribution in [0.2, 0.25) is 0 Å². The number of ether oxygens (including phenoxy) is 2. The Hall–Kier alpha value is -3.81. The van der Waals surface area contributed by atoms with Gasteiger partial charge in [0.15, 0.2) is 0 Å².